The Labute approximate surface area is 159 Å². The third-order valence-corrected chi connectivity index (χ3v) is 5.31. The predicted octanol–water partition coefficient (Wildman–Crippen LogP) is 5.42. The second-order valence-corrected chi connectivity index (χ2v) is 6.39. The molecule has 0 aliphatic carbocycles. The molecule has 1 unspecified atom stereocenters. The van der Waals surface area contributed by atoms with Gasteiger partial charge in [-0.25, -0.2) is 4.79 Å². The Balaban J connectivity index is 2.72. The zero-order chi connectivity index (χ0) is 19.0. The first-order chi connectivity index (χ1) is 11.6. The van der Waals surface area contributed by atoms with Gasteiger partial charge in [-0.05, 0) is 41.9 Å². The van der Waals surface area contributed by atoms with Crippen LogP contribution < -0.4 is 9.47 Å². The maximum absolute atomic E-state index is 13.7. The number of carbonyl (C=O) groups excluding carboxylic acids is 1. The van der Waals surface area contributed by atoms with E-state index in [-0.39, 0.29) is 44.8 Å². The molecule has 1 aliphatic heterocycles. The maximum Gasteiger partial charge on any atom is 0.443 e. The predicted molar refractivity (Wildman–Crippen MR) is 90.4 cm³/mol. The normalized spacial score (nSPS) is 19.2. The molecule has 0 radical (unpaired) electrons. The van der Waals surface area contributed by atoms with Crippen LogP contribution in [-0.4, -0.2) is 31.0 Å². The first-order valence-corrected chi connectivity index (χ1v) is 8.61. The van der Waals surface area contributed by atoms with Crippen LogP contribution in [0.25, 0.3) is 6.08 Å². The van der Waals surface area contributed by atoms with Gasteiger partial charge < -0.3 is 14.2 Å². The van der Waals surface area contributed by atoms with E-state index in [1.807, 2.05) is 0 Å². The fourth-order valence-electron chi connectivity index (χ4n) is 2.17. The number of benzene rings is 1. The van der Waals surface area contributed by atoms with Gasteiger partial charge in [-0.15, -0.1) is 0 Å². The van der Waals surface area contributed by atoms with E-state index < -0.39 is 17.7 Å². The number of rotatable bonds is 4. The first-order valence-electron chi connectivity index (χ1n) is 7.06. The van der Waals surface area contributed by atoms with E-state index in [9.17, 15) is 18.0 Å². The molecule has 25 heavy (non-hydrogen) atoms. The minimum Gasteiger partial charge on any atom is -0.488 e. The van der Waals surface area contributed by atoms with Gasteiger partial charge in [0.05, 0.1) is 22.7 Å². The van der Waals surface area contributed by atoms with Crippen molar-refractivity contribution in [1.29, 1.82) is 0 Å². The van der Waals surface area contributed by atoms with E-state index in [2.05, 4.69) is 20.7 Å². The van der Waals surface area contributed by atoms with Gasteiger partial charge in [0.2, 0.25) is 0 Å². The van der Waals surface area contributed by atoms with E-state index in [1.54, 1.807) is 6.92 Å². The largest absolute Gasteiger partial charge is 0.488 e. The lowest BCUT2D eigenvalue weighted by molar-refractivity contribution is -0.238. The van der Waals surface area contributed by atoms with Crippen LogP contribution in [0.2, 0.25) is 10.0 Å². The van der Waals surface area contributed by atoms with Crippen LogP contribution in [0.4, 0.5) is 13.2 Å². The minimum atomic E-state index is -5.08. The van der Waals surface area contributed by atoms with Crippen molar-refractivity contribution >= 4 is 51.2 Å². The van der Waals surface area contributed by atoms with Crippen LogP contribution in [0, 0.1) is 0 Å². The van der Waals surface area contributed by atoms with Crippen molar-refractivity contribution in [3.05, 3.63) is 26.2 Å². The van der Waals surface area contributed by atoms with Crippen LogP contribution in [0.5, 0.6) is 11.5 Å². The molecule has 0 amide bonds. The molecule has 0 bridgehead atoms. The van der Waals surface area contributed by atoms with Gasteiger partial charge in [0.25, 0.3) is 0 Å². The number of hydrogen-bond donors (Lipinski definition) is 0. The van der Waals surface area contributed by atoms with Crippen LogP contribution >= 0.6 is 39.1 Å². The third-order valence-electron chi connectivity index (χ3n) is 3.31. The molecule has 1 atom stereocenters. The fourth-order valence-corrected chi connectivity index (χ4v) is 3.09. The second-order valence-electron chi connectivity index (χ2n) is 4.84. The molecule has 4 nitrogen and oxygen atoms in total. The monoisotopic (exact) mass is 462 g/mol. The number of ether oxygens (including phenoxy) is 3. The Hall–Kier alpha value is -1.12. The van der Waals surface area contributed by atoms with Gasteiger partial charge >= 0.3 is 17.7 Å². The number of fused-ring (bicyclic) bond motifs is 1. The van der Waals surface area contributed by atoms with E-state index in [0.29, 0.717) is 6.08 Å². The summed E-state index contributed by atoms with van der Waals surface area (Å²) in [5, 5.41) is -0.0415. The average Bonchev–Trinajstić information content (AvgIpc) is 2.55. The molecule has 0 N–H and O–H groups in total. The molecule has 1 aliphatic rings. The van der Waals surface area contributed by atoms with E-state index in [0.717, 1.165) is 6.08 Å². The molecule has 1 aromatic carbocycles. The lowest BCUT2D eigenvalue weighted by Crippen LogP contribution is -2.56. The van der Waals surface area contributed by atoms with Crippen molar-refractivity contribution in [2.75, 3.05) is 13.2 Å². The van der Waals surface area contributed by atoms with Gasteiger partial charge in [-0.3, -0.25) is 0 Å². The van der Waals surface area contributed by atoms with Crippen molar-refractivity contribution < 1.29 is 32.2 Å². The Morgan fingerprint density at radius 3 is 2.44 bits per heavy atom. The van der Waals surface area contributed by atoms with Crippen LogP contribution in [0.3, 0.4) is 0 Å². The van der Waals surface area contributed by atoms with Gasteiger partial charge in [0.15, 0.2) is 11.5 Å². The molecule has 10 heteroatoms. The molecule has 138 valence electrons. The van der Waals surface area contributed by atoms with Crippen molar-refractivity contribution in [2.24, 2.45) is 0 Å². The van der Waals surface area contributed by atoms with E-state index >= 15 is 0 Å². The topological polar surface area (TPSA) is 44.8 Å². The summed E-state index contributed by atoms with van der Waals surface area (Å²) < 4.78 is 56.2. The Bertz CT molecular complexity index is 737. The molecular formula is C15H12BrCl2F3O4. The maximum atomic E-state index is 13.7. The summed E-state index contributed by atoms with van der Waals surface area (Å²) in [4.78, 5) is 12.0. The smallest absolute Gasteiger partial charge is 0.443 e. The Kier molecular flexibility index (Phi) is 5.85. The van der Waals surface area contributed by atoms with E-state index in [1.165, 1.54) is 6.92 Å². The summed E-state index contributed by atoms with van der Waals surface area (Å²) in [6.45, 7) is 2.86. The molecule has 1 heterocycles. The number of alkyl halides is 3. The van der Waals surface area contributed by atoms with Crippen molar-refractivity contribution in [1.82, 2.24) is 0 Å². The number of halogens is 6. The molecule has 0 saturated heterocycles. The summed E-state index contributed by atoms with van der Waals surface area (Å²) in [7, 11) is 0. The number of carbonyl (C=O) groups is 1. The van der Waals surface area contributed by atoms with Gasteiger partial charge in [0.1, 0.15) is 5.02 Å². The Morgan fingerprint density at radius 1 is 1.28 bits per heavy atom. The quantitative estimate of drug-likeness (QED) is 0.441. The molecule has 0 saturated carbocycles. The van der Waals surface area contributed by atoms with Crippen molar-refractivity contribution in [3.63, 3.8) is 0 Å². The molecule has 2 rings (SSSR count). The van der Waals surface area contributed by atoms with Crippen LogP contribution in [0.15, 0.2) is 10.5 Å². The van der Waals surface area contributed by atoms with Gasteiger partial charge in [-0.1, -0.05) is 23.2 Å². The Morgan fingerprint density at radius 2 is 1.92 bits per heavy atom. The SMILES string of the molecule is CCOC(=O)C1(C(F)(F)F)C=Cc2c(Cl)c(Br)c(Cl)c(OCC)c2O1. The summed E-state index contributed by atoms with van der Waals surface area (Å²) in [5.74, 6) is -2.13. The highest BCUT2D eigenvalue weighted by Crippen LogP contribution is 2.53. The minimum absolute atomic E-state index is 0.0272. The standard InChI is InChI=1S/C15H12BrCl2F3O4/c1-3-23-12-10(18)8(16)9(17)7-5-6-14(15(19,20)21,25-11(7)12)13(22)24-4-2/h5-6H,3-4H2,1-2H3. The summed E-state index contributed by atoms with van der Waals surface area (Å²) in [5.41, 5.74) is -3.21. The van der Waals surface area contributed by atoms with Crippen LogP contribution in [0.1, 0.15) is 19.4 Å². The average molecular weight is 464 g/mol. The zero-order valence-electron chi connectivity index (χ0n) is 13.0. The molecule has 0 fully saturated rings. The van der Waals surface area contributed by atoms with Crippen molar-refractivity contribution in [3.8, 4) is 11.5 Å². The second kappa shape index (κ2) is 7.25. The highest BCUT2D eigenvalue weighted by Gasteiger charge is 2.64. The highest BCUT2D eigenvalue weighted by atomic mass is 79.9. The third kappa shape index (κ3) is 3.31. The molecule has 0 aromatic heterocycles. The number of hydrogen-bond acceptors (Lipinski definition) is 4. The highest BCUT2D eigenvalue weighted by molar-refractivity contribution is 9.10. The fraction of sp³-hybridized carbons (Fsp3) is 0.400. The van der Waals surface area contributed by atoms with Crippen LogP contribution in [-0.2, 0) is 9.53 Å². The first kappa shape index (κ1) is 20.2. The molecule has 1 aromatic rings. The molecular weight excluding hydrogens is 452 g/mol. The molecule has 0 spiro atoms. The van der Waals surface area contributed by atoms with E-state index in [4.69, 9.17) is 32.7 Å². The zero-order valence-corrected chi connectivity index (χ0v) is 16.1. The summed E-state index contributed by atoms with van der Waals surface area (Å²) in [6, 6.07) is 0. The summed E-state index contributed by atoms with van der Waals surface area (Å²) >= 11 is 15.4. The summed E-state index contributed by atoms with van der Waals surface area (Å²) in [6.07, 6.45) is -3.48. The van der Waals surface area contributed by atoms with Crippen molar-refractivity contribution in [2.45, 2.75) is 25.6 Å². The van der Waals surface area contributed by atoms with Gasteiger partial charge in [0, 0.05) is 5.56 Å². The lowest BCUT2D eigenvalue weighted by Gasteiger charge is -2.35. The van der Waals surface area contributed by atoms with Gasteiger partial charge in [-0.2, -0.15) is 13.2 Å². The number of esters is 1. The lowest BCUT2D eigenvalue weighted by atomic mass is 9.97.